The van der Waals surface area contributed by atoms with Gasteiger partial charge in [-0.1, -0.05) is 32.9 Å². The molecular formula is C21H27N3O. The fourth-order valence-electron chi connectivity index (χ4n) is 3.30. The van der Waals surface area contributed by atoms with Gasteiger partial charge in [0.1, 0.15) is 0 Å². The van der Waals surface area contributed by atoms with Crippen molar-refractivity contribution in [1.82, 2.24) is 4.98 Å². The first-order valence-electron chi connectivity index (χ1n) is 9.14. The van der Waals surface area contributed by atoms with Crippen LogP contribution in [-0.4, -0.2) is 24.0 Å². The van der Waals surface area contributed by atoms with Crippen LogP contribution in [0.1, 0.15) is 55.5 Å². The van der Waals surface area contributed by atoms with Gasteiger partial charge < -0.3 is 10.2 Å². The van der Waals surface area contributed by atoms with E-state index in [1.807, 2.05) is 24.4 Å². The molecule has 4 nitrogen and oxygen atoms in total. The van der Waals surface area contributed by atoms with E-state index in [1.54, 1.807) is 6.20 Å². The third-order valence-corrected chi connectivity index (χ3v) is 4.84. The third kappa shape index (κ3) is 4.38. The molecule has 0 bridgehead atoms. The highest BCUT2D eigenvalue weighted by Gasteiger charge is 2.18. The number of carbonyl (C=O) groups is 1. The monoisotopic (exact) mass is 337 g/mol. The molecular weight excluding hydrogens is 310 g/mol. The number of hydrogen-bond donors (Lipinski definition) is 1. The van der Waals surface area contributed by atoms with Crippen molar-refractivity contribution in [2.45, 2.75) is 39.5 Å². The van der Waals surface area contributed by atoms with Crippen molar-refractivity contribution in [3.8, 4) is 0 Å². The number of hydrogen-bond acceptors (Lipinski definition) is 3. The maximum Gasteiger partial charge on any atom is 0.257 e. The highest BCUT2D eigenvalue weighted by molar-refractivity contribution is 6.04. The summed E-state index contributed by atoms with van der Waals surface area (Å²) in [5, 5.41) is 2.97. The summed E-state index contributed by atoms with van der Waals surface area (Å²) in [4.78, 5) is 19.2. The number of piperidine rings is 1. The quantitative estimate of drug-likeness (QED) is 0.880. The maximum atomic E-state index is 12.6. The molecule has 4 heteroatoms. The highest BCUT2D eigenvalue weighted by atomic mass is 16.1. The van der Waals surface area contributed by atoms with E-state index in [2.05, 4.69) is 48.1 Å². The van der Waals surface area contributed by atoms with Crippen LogP contribution >= 0.6 is 0 Å². The van der Waals surface area contributed by atoms with Crippen molar-refractivity contribution in [2.24, 2.45) is 5.92 Å². The van der Waals surface area contributed by atoms with Crippen LogP contribution in [0.5, 0.6) is 0 Å². The van der Waals surface area contributed by atoms with Gasteiger partial charge >= 0.3 is 0 Å². The molecule has 0 spiro atoms. The summed E-state index contributed by atoms with van der Waals surface area (Å²) in [6.45, 7) is 8.66. The first-order valence-corrected chi connectivity index (χ1v) is 9.14. The molecule has 2 aromatic rings. The minimum absolute atomic E-state index is 0.114. The summed E-state index contributed by atoms with van der Waals surface area (Å²) < 4.78 is 0. The number of amides is 1. The van der Waals surface area contributed by atoms with Crippen molar-refractivity contribution in [3.05, 3.63) is 53.9 Å². The molecule has 3 rings (SSSR count). The van der Waals surface area contributed by atoms with E-state index in [1.165, 1.54) is 18.4 Å². The third-order valence-electron chi connectivity index (χ3n) is 4.84. The fourth-order valence-corrected chi connectivity index (χ4v) is 3.30. The molecule has 1 unspecified atom stereocenters. The molecule has 0 saturated carbocycles. The minimum atomic E-state index is -0.114. The van der Waals surface area contributed by atoms with Gasteiger partial charge in [-0.05, 0) is 48.4 Å². The Labute approximate surface area is 150 Å². The molecule has 25 heavy (non-hydrogen) atoms. The van der Waals surface area contributed by atoms with Crippen molar-refractivity contribution in [3.63, 3.8) is 0 Å². The molecule has 1 saturated heterocycles. The molecule has 2 heterocycles. The first kappa shape index (κ1) is 17.5. The van der Waals surface area contributed by atoms with Crippen LogP contribution in [0.3, 0.4) is 0 Å². The van der Waals surface area contributed by atoms with E-state index in [4.69, 9.17) is 0 Å². The van der Waals surface area contributed by atoms with Gasteiger partial charge in [0.05, 0.1) is 17.4 Å². The van der Waals surface area contributed by atoms with Crippen LogP contribution in [-0.2, 0) is 0 Å². The lowest BCUT2D eigenvalue weighted by molar-refractivity contribution is 0.102. The smallest absolute Gasteiger partial charge is 0.257 e. The van der Waals surface area contributed by atoms with Crippen LogP contribution in [0.25, 0.3) is 0 Å². The summed E-state index contributed by atoms with van der Waals surface area (Å²) >= 11 is 0. The van der Waals surface area contributed by atoms with Crippen molar-refractivity contribution >= 4 is 17.3 Å². The van der Waals surface area contributed by atoms with E-state index < -0.39 is 0 Å². The average Bonchev–Trinajstić information content (AvgIpc) is 2.62. The zero-order chi connectivity index (χ0) is 17.8. The lowest BCUT2D eigenvalue weighted by Crippen LogP contribution is -2.34. The largest absolute Gasteiger partial charge is 0.370 e. The van der Waals surface area contributed by atoms with Crippen LogP contribution in [0.2, 0.25) is 0 Å². The second-order valence-corrected chi connectivity index (χ2v) is 7.36. The van der Waals surface area contributed by atoms with Gasteiger partial charge in [0.2, 0.25) is 0 Å². The van der Waals surface area contributed by atoms with Crippen LogP contribution in [0.4, 0.5) is 11.4 Å². The topological polar surface area (TPSA) is 45.2 Å². The van der Waals surface area contributed by atoms with Gasteiger partial charge in [0.15, 0.2) is 0 Å². The summed E-state index contributed by atoms with van der Waals surface area (Å²) in [6, 6.07) is 9.98. The second-order valence-electron chi connectivity index (χ2n) is 7.36. The molecule has 132 valence electrons. The summed E-state index contributed by atoms with van der Waals surface area (Å²) in [5.41, 5.74) is 3.71. The van der Waals surface area contributed by atoms with Crippen LogP contribution < -0.4 is 10.2 Å². The molecule has 0 aliphatic carbocycles. The molecule has 1 aliphatic heterocycles. The molecule has 0 radical (unpaired) electrons. The number of anilines is 2. The Bertz CT molecular complexity index is 724. The standard InChI is InChI=1S/C21H27N3O/c1-15(2)17-6-8-19(9-7-17)23-21(25)18-11-20(13-22-12-18)24-10-4-5-16(3)14-24/h6-9,11-13,15-16H,4-5,10,14H2,1-3H3,(H,23,25). The Morgan fingerprint density at radius 2 is 2.00 bits per heavy atom. The fraction of sp³-hybridized carbons (Fsp3) is 0.429. The number of rotatable bonds is 4. The number of pyridine rings is 1. The highest BCUT2D eigenvalue weighted by Crippen LogP contribution is 2.23. The molecule has 1 fully saturated rings. The molecule has 1 aliphatic rings. The Balaban J connectivity index is 1.70. The SMILES string of the molecule is CC1CCCN(c2cncc(C(=O)Nc3ccc(C(C)C)cc3)c2)C1. The predicted octanol–water partition coefficient (Wildman–Crippen LogP) is 4.69. The van der Waals surface area contributed by atoms with Gasteiger partial charge in [-0.2, -0.15) is 0 Å². The normalized spacial score (nSPS) is 17.6. The number of nitrogens with zero attached hydrogens (tertiary/aromatic N) is 2. The Kier molecular flexibility index (Phi) is 5.37. The number of nitrogens with one attached hydrogen (secondary N) is 1. The Morgan fingerprint density at radius 3 is 2.68 bits per heavy atom. The molecule has 1 amide bonds. The van der Waals surface area contributed by atoms with Crippen LogP contribution in [0.15, 0.2) is 42.7 Å². The molecule has 1 N–H and O–H groups in total. The van der Waals surface area contributed by atoms with Gasteiger partial charge in [0, 0.05) is 25.0 Å². The minimum Gasteiger partial charge on any atom is -0.370 e. The zero-order valence-electron chi connectivity index (χ0n) is 15.3. The first-order chi connectivity index (χ1) is 12.0. The number of benzene rings is 1. The van der Waals surface area contributed by atoms with Gasteiger partial charge in [0.25, 0.3) is 5.91 Å². The van der Waals surface area contributed by atoms with E-state index >= 15 is 0 Å². The Hall–Kier alpha value is -2.36. The summed E-state index contributed by atoms with van der Waals surface area (Å²) in [7, 11) is 0. The molecule has 1 aromatic carbocycles. The zero-order valence-corrected chi connectivity index (χ0v) is 15.3. The molecule has 1 aromatic heterocycles. The number of carbonyl (C=O) groups excluding carboxylic acids is 1. The Morgan fingerprint density at radius 1 is 1.24 bits per heavy atom. The van der Waals surface area contributed by atoms with E-state index in [0.29, 0.717) is 17.4 Å². The van der Waals surface area contributed by atoms with E-state index in [0.717, 1.165) is 24.5 Å². The van der Waals surface area contributed by atoms with Crippen molar-refractivity contribution < 1.29 is 4.79 Å². The summed E-state index contributed by atoms with van der Waals surface area (Å²) in [6.07, 6.45) is 5.96. The predicted molar refractivity (Wildman–Crippen MR) is 103 cm³/mol. The maximum absolute atomic E-state index is 12.6. The second kappa shape index (κ2) is 7.68. The van der Waals surface area contributed by atoms with E-state index in [-0.39, 0.29) is 5.91 Å². The van der Waals surface area contributed by atoms with Crippen molar-refractivity contribution in [2.75, 3.05) is 23.3 Å². The number of aromatic nitrogens is 1. The van der Waals surface area contributed by atoms with E-state index in [9.17, 15) is 4.79 Å². The molecule has 1 atom stereocenters. The van der Waals surface area contributed by atoms with Crippen molar-refractivity contribution in [1.29, 1.82) is 0 Å². The van der Waals surface area contributed by atoms with Gasteiger partial charge in [-0.25, -0.2) is 0 Å². The van der Waals surface area contributed by atoms with Gasteiger partial charge in [-0.3, -0.25) is 9.78 Å². The summed E-state index contributed by atoms with van der Waals surface area (Å²) in [5.74, 6) is 1.06. The van der Waals surface area contributed by atoms with Crippen LogP contribution in [0, 0.1) is 5.92 Å². The van der Waals surface area contributed by atoms with Gasteiger partial charge in [-0.15, -0.1) is 0 Å². The lowest BCUT2D eigenvalue weighted by atomic mass is 10.00. The average molecular weight is 337 g/mol. The lowest BCUT2D eigenvalue weighted by Gasteiger charge is -2.32.